The maximum Gasteiger partial charge on any atom is 0.236 e. The number of nitrogens with one attached hydrogen (secondary N) is 1. The van der Waals surface area contributed by atoms with Crippen molar-refractivity contribution in [2.24, 2.45) is 5.73 Å². The summed E-state index contributed by atoms with van der Waals surface area (Å²) in [4.78, 5) is 11.3. The molecule has 0 spiro atoms. The van der Waals surface area contributed by atoms with Crippen molar-refractivity contribution in [1.82, 2.24) is 5.32 Å². The van der Waals surface area contributed by atoms with E-state index in [9.17, 15) is 4.79 Å². The molecule has 0 aliphatic carbocycles. The second kappa shape index (κ2) is 7.04. The monoisotopic (exact) mass is 236 g/mol. The number of hydrogen-bond donors (Lipinski definition) is 2. The quantitative estimate of drug-likeness (QED) is 0.779. The first-order valence-corrected chi connectivity index (χ1v) is 5.82. The molecule has 0 saturated carbocycles. The van der Waals surface area contributed by atoms with Crippen molar-refractivity contribution in [3.63, 3.8) is 0 Å². The molecule has 0 aliphatic heterocycles. The van der Waals surface area contributed by atoms with Crippen LogP contribution in [-0.2, 0) is 22.7 Å². The van der Waals surface area contributed by atoms with Crippen molar-refractivity contribution in [1.29, 1.82) is 0 Å². The van der Waals surface area contributed by atoms with Gasteiger partial charge in [0.25, 0.3) is 0 Å². The van der Waals surface area contributed by atoms with Gasteiger partial charge in [-0.15, -0.1) is 0 Å². The summed E-state index contributed by atoms with van der Waals surface area (Å²) in [6.45, 7) is 5.49. The standard InChI is InChI=1S/C13H20N2O2/c1-3-17-9-12-6-4-11(5-7-12)8-15-13(16)10(2)14/h4-7,10H,3,8-9,14H2,1-2H3,(H,15,16)/t10-/m1/s1. The highest BCUT2D eigenvalue weighted by Crippen LogP contribution is 2.05. The third-order valence-corrected chi connectivity index (χ3v) is 2.38. The van der Waals surface area contributed by atoms with Gasteiger partial charge in [0.15, 0.2) is 0 Å². The van der Waals surface area contributed by atoms with Crippen molar-refractivity contribution in [3.05, 3.63) is 35.4 Å². The van der Waals surface area contributed by atoms with Crippen LogP contribution in [0.15, 0.2) is 24.3 Å². The van der Waals surface area contributed by atoms with Gasteiger partial charge in [-0.05, 0) is 25.0 Å². The minimum atomic E-state index is -0.466. The third kappa shape index (κ3) is 4.97. The van der Waals surface area contributed by atoms with Gasteiger partial charge in [0.1, 0.15) is 0 Å². The summed E-state index contributed by atoms with van der Waals surface area (Å²) >= 11 is 0. The summed E-state index contributed by atoms with van der Waals surface area (Å²) in [5, 5.41) is 2.77. The Balaban J connectivity index is 2.42. The van der Waals surface area contributed by atoms with Gasteiger partial charge in [-0.25, -0.2) is 0 Å². The topological polar surface area (TPSA) is 64.3 Å². The van der Waals surface area contributed by atoms with Gasteiger partial charge in [-0.2, -0.15) is 0 Å². The number of amides is 1. The highest BCUT2D eigenvalue weighted by atomic mass is 16.5. The number of rotatable bonds is 6. The molecular formula is C13H20N2O2. The first kappa shape index (κ1) is 13.7. The molecule has 17 heavy (non-hydrogen) atoms. The minimum Gasteiger partial charge on any atom is -0.377 e. The zero-order chi connectivity index (χ0) is 12.7. The lowest BCUT2D eigenvalue weighted by molar-refractivity contribution is -0.122. The van der Waals surface area contributed by atoms with E-state index in [1.807, 2.05) is 31.2 Å². The third-order valence-electron chi connectivity index (χ3n) is 2.38. The van der Waals surface area contributed by atoms with Gasteiger partial charge in [0.05, 0.1) is 12.6 Å². The van der Waals surface area contributed by atoms with Crippen LogP contribution >= 0.6 is 0 Å². The Morgan fingerprint density at radius 3 is 2.47 bits per heavy atom. The van der Waals surface area contributed by atoms with E-state index in [2.05, 4.69) is 5.32 Å². The molecule has 1 rings (SSSR count). The molecule has 0 heterocycles. The Kier molecular flexibility index (Phi) is 5.66. The number of benzene rings is 1. The van der Waals surface area contributed by atoms with Crippen LogP contribution in [0.25, 0.3) is 0 Å². The van der Waals surface area contributed by atoms with Crippen LogP contribution in [-0.4, -0.2) is 18.6 Å². The summed E-state index contributed by atoms with van der Waals surface area (Å²) in [5.41, 5.74) is 7.64. The van der Waals surface area contributed by atoms with Gasteiger partial charge >= 0.3 is 0 Å². The lowest BCUT2D eigenvalue weighted by atomic mass is 10.1. The van der Waals surface area contributed by atoms with Gasteiger partial charge in [-0.1, -0.05) is 24.3 Å². The second-order valence-corrected chi connectivity index (χ2v) is 3.96. The molecule has 3 N–H and O–H groups in total. The molecule has 1 aromatic rings. The summed E-state index contributed by atoms with van der Waals surface area (Å²) in [6, 6.07) is 7.50. The number of nitrogens with two attached hydrogens (primary N) is 1. The van der Waals surface area contributed by atoms with Gasteiger partial charge in [0, 0.05) is 13.2 Å². The molecule has 1 amide bonds. The zero-order valence-electron chi connectivity index (χ0n) is 10.4. The van der Waals surface area contributed by atoms with Crippen LogP contribution in [0.3, 0.4) is 0 Å². The van der Waals surface area contributed by atoms with Crippen molar-refractivity contribution in [2.45, 2.75) is 33.0 Å². The normalized spacial score (nSPS) is 12.2. The van der Waals surface area contributed by atoms with Crippen molar-refractivity contribution in [3.8, 4) is 0 Å². The fraction of sp³-hybridized carbons (Fsp3) is 0.462. The summed E-state index contributed by atoms with van der Waals surface area (Å²) in [7, 11) is 0. The highest BCUT2D eigenvalue weighted by molar-refractivity contribution is 5.80. The SMILES string of the molecule is CCOCc1ccc(CNC(=O)[C@@H](C)N)cc1. The highest BCUT2D eigenvalue weighted by Gasteiger charge is 2.05. The fourth-order valence-corrected chi connectivity index (χ4v) is 1.32. The lowest BCUT2D eigenvalue weighted by Crippen LogP contribution is -2.37. The Morgan fingerprint density at radius 2 is 1.94 bits per heavy atom. The maximum atomic E-state index is 11.3. The number of carbonyl (C=O) groups is 1. The van der Waals surface area contributed by atoms with Crippen LogP contribution in [0.1, 0.15) is 25.0 Å². The summed E-state index contributed by atoms with van der Waals surface area (Å²) in [5.74, 6) is -0.136. The molecule has 0 aliphatic rings. The average Bonchev–Trinajstić information content (AvgIpc) is 2.34. The number of ether oxygens (including phenoxy) is 1. The first-order chi connectivity index (χ1) is 8.13. The first-order valence-electron chi connectivity index (χ1n) is 5.82. The summed E-state index contributed by atoms with van der Waals surface area (Å²) in [6.07, 6.45) is 0. The van der Waals surface area contributed by atoms with Crippen LogP contribution < -0.4 is 11.1 Å². The number of carbonyl (C=O) groups excluding carboxylic acids is 1. The molecule has 1 atom stereocenters. The second-order valence-electron chi connectivity index (χ2n) is 3.96. The van der Waals surface area contributed by atoms with Crippen LogP contribution in [0.4, 0.5) is 0 Å². The predicted octanol–water partition coefficient (Wildman–Crippen LogP) is 1.19. The molecular weight excluding hydrogens is 216 g/mol. The van der Waals surface area contributed by atoms with E-state index in [0.29, 0.717) is 19.8 Å². The van der Waals surface area contributed by atoms with Gasteiger partial charge in [0.2, 0.25) is 5.91 Å². The summed E-state index contributed by atoms with van der Waals surface area (Å²) < 4.78 is 5.30. The van der Waals surface area contributed by atoms with Crippen molar-refractivity contribution in [2.75, 3.05) is 6.61 Å². The smallest absolute Gasteiger partial charge is 0.236 e. The molecule has 4 nitrogen and oxygen atoms in total. The molecule has 0 saturated heterocycles. The van der Waals surface area contributed by atoms with E-state index >= 15 is 0 Å². The van der Waals surface area contributed by atoms with E-state index in [1.54, 1.807) is 6.92 Å². The van der Waals surface area contributed by atoms with Crippen molar-refractivity contribution < 1.29 is 9.53 Å². The molecule has 0 bridgehead atoms. The van der Waals surface area contributed by atoms with E-state index in [4.69, 9.17) is 10.5 Å². The molecule has 0 aromatic heterocycles. The number of hydrogen-bond acceptors (Lipinski definition) is 3. The van der Waals surface area contributed by atoms with Crippen LogP contribution in [0, 0.1) is 0 Å². The van der Waals surface area contributed by atoms with Gasteiger partial charge in [-0.3, -0.25) is 4.79 Å². The molecule has 4 heteroatoms. The van der Waals surface area contributed by atoms with E-state index in [-0.39, 0.29) is 5.91 Å². The Labute approximate surface area is 102 Å². The van der Waals surface area contributed by atoms with E-state index in [1.165, 1.54) is 0 Å². The molecule has 1 aromatic carbocycles. The van der Waals surface area contributed by atoms with Crippen LogP contribution in [0.5, 0.6) is 0 Å². The zero-order valence-corrected chi connectivity index (χ0v) is 10.4. The fourth-order valence-electron chi connectivity index (χ4n) is 1.32. The minimum absolute atomic E-state index is 0.136. The molecule has 0 radical (unpaired) electrons. The Morgan fingerprint density at radius 1 is 1.35 bits per heavy atom. The van der Waals surface area contributed by atoms with Crippen molar-refractivity contribution >= 4 is 5.91 Å². The predicted molar refractivity (Wildman–Crippen MR) is 67.3 cm³/mol. The molecule has 0 unspecified atom stereocenters. The van der Waals surface area contributed by atoms with Gasteiger partial charge < -0.3 is 15.8 Å². The Hall–Kier alpha value is -1.39. The van der Waals surface area contributed by atoms with E-state index in [0.717, 1.165) is 11.1 Å². The largest absolute Gasteiger partial charge is 0.377 e. The van der Waals surface area contributed by atoms with Crippen LogP contribution in [0.2, 0.25) is 0 Å². The molecule has 0 fully saturated rings. The van der Waals surface area contributed by atoms with E-state index < -0.39 is 6.04 Å². The molecule has 94 valence electrons. The lowest BCUT2D eigenvalue weighted by Gasteiger charge is -2.08. The maximum absolute atomic E-state index is 11.3. The average molecular weight is 236 g/mol. The Bertz CT molecular complexity index is 347.